The van der Waals surface area contributed by atoms with E-state index in [0.29, 0.717) is 31.5 Å². The van der Waals surface area contributed by atoms with Crippen LogP contribution in [0.15, 0.2) is 24.3 Å². The number of carbonyl (C=O) groups excluding carboxylic acids is 1. The number of carbonyl (C=O) groups is 1. The van der Waals surface area contributed by atoms with Crippen molar-refractivity contribution in [1.29, 1.82) is 0 Å². The molecule has 2 saturated heterocycles. The van der Waals surface area contributed by atoms with E-state index in [9.17, 15) is 9.90 Å². The molecule has 3 aliphatic rings. The number of nitrogens with one attached hydrogen (secondary N) is 2. The first kappa shape index (κ1) is 24.3. The molecule has 196 valence electrons. The fourth-order valence-corrected chi connectivity index (χ4v) is 5.88. The molecule has 1 aliphatic carbocycles. The monoisotopic (exact) mass is 525 g/mol. The van der Waals surface area contributed by atoms with Crippen molar-refractivity contribution < 1.29 is 19.4 Å². The van der Waals surface area contributed by atoms with Gasteiger partial charge in [0.1, 0.15) is 12.4 Å². The summed E-state index contributed by atoms with van der Waals surface area (Å²) >= 11 is 1.51. The SMILES string of the molecule is O=C1OCCN1c1ccc2nc(Nc3cc(CN4CCOCC4)nc(N[C@H]4CC[C@H](O)CC4)n3)sc2c1. The van der Waals surface area contributed by atoms with Crippen molar-refractivity contribution in [2.24, 2.45) is 0 Å². The Labute approximate surface area is 218 Å². The number of thiazole rings is 1. The van der Waals surface area contributed by atoms with E-state index in [1.807, 2.05) is 24.3 Å². The average Bonchev–Trinajstić information content (AvgIpc) is 3.50. The fourth-order valence-electron chi connectivity index (χ4n) is 4.97. The number of morpholine rings is 1. The molecular formula is C25H31N7O4S. The number of cyclic esters (lactones) is 1. The van der Waals surface area contributed by atoms with Crippen LogP contribution in [-0.2, 0) is 16.0 Å². The van der Waals surface area contributed by atoms with Crippen LogP contribution in [0.4, 0.5) is 27.4 Å². The molecule has 6 rings (SSSR count). The molecule has 3 N–H and O–H groups in total. The maximum Gasteiger partial charge on any atom is 0.414 e. The van der Waals surface area contributed by atoms with Gasteiger partial charge in [-0.25, -0.2) is 14.8 Å². The van der Waals surface area contributed by atoms with Gasteiger partial charge in [0.05, 0.1) is 41.8 Å². The second kappa shape index (κ2) is 10.7. The van der Waals surface area contributed by atoms with Crippen LogP contribution in [0.1, 0.15) is 31.4 Å². The maximum absolute atomic E-state index is 12.0. The van der Waals surface area contributed by atoms with Crippen LogP contribution >= 0.6 is 11.3 Å². The van der Waals surface area contributed by atoms with E-state index in [0.717, 1.165) is 78.7 Å². The third-order valence-electron chi connectivity index (χ3n) is 6.98. The van der Waals surface area contributed by atoms with E-state index in [2.05, 4.69) is 15.5 Å². The van der Waals surface area contributed by atoms with E-state index in [1.165, 1.54) is 11.3 Å². The van der Waals surface area contributed by atoms with Crippen molar-refractivity contribution in [2.75, 3.05) is 55.0 Å². The summed E-state index contributed by atoms with van der Waals surface area (Å²) in [7, 11) is 0. The van der Waals surface area contributed by atoms with Gasteiger partial charge in [-0.05, 0) is 43.9 Å². The zero-order valence-electron chi connectivity index (χ0n) is 20.6. The van der Waals surface area contributed by atoms with Crippen LogP contribution in [-0.4, -0.2) is 82.7 Å². The van der Waals surface area contributed by atoms with E-state index in [-0.39, 0.29) is 18.2 Å². The Hall–Kier alpha value is -3.06. The Balaban J connectivity index is 1.23. The van der Waals surface area contributed by atoms with E-state index < -0.39 is 0 Å². The normalized spacial score (nSPS) is 22.8. The van der Waals surface area contributed by atoms with Gasteiger partial charge in [0, 0.05) is 37.4 Å². The molecule has 3 aromatic rings. The number of amides is 1. The van der Waals surface area contributed by atoms with E-state index in [4.69, 9.17) is 24.4 Å². The molecule has 0 spiro atoms. The molecule has 1 aromatic carbocycles. The minimum atomic E-state index is -0.316. The number of benzene rings is 1. The highest BCUT2D eigenvalue weighted by Crippen LogP contribution is 2.32. The summed E-state index contributed by atoms with van der Waals surface area (Å²) in [6.45, 7) is 4.89. The third kappa shape index (κ3) is 5.77. The Morgan fingerprint density at radius 1 is 1.03 bits per heavy atom. The number of hydrogen-bond acceptors (Lipinski definition) is 11. The van der Waals surface area contributed by atoms with Crippen LogP contribution in [0, 0.1) is 0 Å². The minimum Gasteiger partial charge on any atom is -0.447 e. The molecule has 0 bridgehead atoms. The lowest BCUT2D eigenvalue weighted by molar-refractivity contribution is 0.0336. The van der Waals surface area contributed by atoms with Gasteiger partial charge in [0.2, 0.25) is 5.95 Å². The lowest BCUT2D eigenvalue weighted by atomic mass is 9.93. The molecule has 4 heterocycles. The molecule has 37 heavy (non-hydrogen) atoms. The number of aromatic nitrogens is 3. The molecule has 1 amide bonds. The molecule has 1 saturated carbocycles. The van der Waals surface area contributed by atoms with Gasteiger partial charge in [0.15, 0.2) is 5.13 Å². The zero-order valence-corrected chi connectivity index (χ0v) is 21.4. The van der Waals surface area contributed by atoms with Crippen molar-refractivity contribution in [3.63, 3.8) is 0 Å². The predicted octanol–water partition coefficient (Wildman–Crippen LogP) is 3.33. The number of hydrogen-bond donors (Lipinski definition) is 3. The first-order chi connectivity index (χ1) is 18.1. The zero-order chi connectivity index (χ0) is 25.2. The molecular weight excluding hydrogens is 494 g/mol. The van der Waals surface area contributed by atoms with Gasteiger partial charge in [-0.2, -0.15) is 4.98 Å². The van der Waals surface area contributed by atoms with Gasteiger partial charge in [-0.3, -0.25) is 9.80 Å². The van der Waals surface area contributed by atoms with Crippen molar-refractivity contribution in [1.82, 2.24) is 19.9 Å². The quantitative estimate of drug-likeness (QED) is 0.423. The Bertz CT molecular complexity index is 1260. The molecule has 0 unspecified atom stereocenters. The number of rotatable bonds is 7. The van der Waals surface area contributed by atoms with Crippen LogP contribution in [0.5, 0.6) is 0 Å². The van der Waals surface area contributed by atoms with Crippen LogP contribution in [0.3, 0.4) is 0 Å². The second-order valence-corrected chi connectivity index (χ2v) is 10.7. The smallest absolute Gasteiger partial charge is 0.414 e. The van der Waals surface area contributed by atoms with E-state index >= 15 is 0 Å². The summed E-state index contributed by atoms with van der Waals surface area (Å²) in [4.78, 5) is 30.2. The number of anilines is 4. The van der Waals surface area contributed by atoms with Crippen molar-refractivity contribution in [3.05, 3.63) is 30.0 Å². The lowest BCUT2D eigenvalue weighted by Crippen LogP contribution is -2.36. The summed E-state index contributed by atoms with van der Waals surface area (Å²) in [5, 5.41) is 17.5. The topological polar surface area (TPSA) is 125 Å². The highest BCUT2D eigenvalue weighted by atomic mass is 32.1. The first-order valence-electron chi connectivity index (χ1n) is 12.8. The molecule has 2 aliphatic heterocycles. The first-order valence-corrected chi connectivity index (χ1v) is 13.7. The van der Waals surface area contributed by atoms with Crippen LogP contribution in [0.25, 0.3) is 10.2 Å². The summed E-state index contributed by atoms with van der Waals surface area (Å²) in [5.41, 5.74) is 2.59. The number of fused-ring (bicyclic) bond motifs is 1. The van der Waals surface area contributed by atoms with Gasteiger partial charge < -0.3 is 25.2 Å². The van der Waals surface area contributed by atoms with Gasteiger partial charge in [-0.15, -0.1) is 0 Å². The highest BCUT2D eigenvalue weighted by molar-refractivity contribution is 7.22. The van der Waals surface area contributed by atoms with Gasteiger partial charge >= 0.3 is 6.09 Å². The highest BCUT2D eigenvalue weighted by Gasteiger charge is 2.24. The summed E-state index contributed by atoms with van der Waals surface area (Å²) in [6, 6.07) is 8.01. The van der Waals surface area contributed by atoms with Gasteiger partial charge in [-0.1, -0.05) is 11.3 Å². The van der Waals surface area contributed by atoms with E-state index in [1.54, 1.807) is 4.90 Å². The second-order valence-electron chi connectivity index (χ2n) is 9.67. The summed E-state index contributed by atoms with van der Waals surface area (Å²) in [5.74, 6) is 1.27. The Morgan fingerprint density at radius 3 is 2.65 bits per heavy atom. The molecule has 11 nitrogen and oxygen atoms in total. The minimum absolute atomic E-state index is 0.209. The average molecular weight is 526 g/mol. The molecule has 2 aromatic heterocycles. The standard InChI is InChI=1S/C25H31N7O4S/c33-19-4-1-16(2-5-19)26-23-27-17(15-31-7-10-35-11-8-31)13-22(29-23)30-24-28-20-6-3-18(14-21(20)37-24)32-9-12-36-25(32)34/h3,6,13-14,16,19,33H,1-2,4-5,7-12,15H2,(H2,26,27,28,29,30)/t16-,19-. The molecule has 0 radical (unpaired) electrons. The Kier molecular flexibility index (Phi) is 7.05. The lowest BCUT2D eigenvalue weighted by Gasteiger charge is -2.27. The van der Waals surface area contributed by atoms with Crippen LogP contribution in [0.2, 0.25) is 0 Å². The summed E-state index contributed by atoms with van der Waals surface area (Å²) in [6.07, 6.45) is 2.85. The largest absolute Gasteiger partial charge is 0.447 e. The number of nitrogens with zero attached hydrogens (tertiary/aromatic N) is 5. The van der Waals surface area contributed by atoms with Crippen LogP contribution < -0.4 is 15.5 Å². The fraction of sp³-hybridized carbons (Fsp3) is 0.520. The molecule has 12 heteroatoms. The maximum atomic E-state index is 12.0. The molecule has 0 atom stereocenters. The van der Waals surface area contributed by atoms with Gasteiger partial charge in [0.25, 0.3) is 0 Å². The van der Waals surface area contributed by atoms with Crippen molar-refractivity contribution in [2.45, 2.75) is 44.4 Å². The summed E-state index contributed by atoms with van der Waals surface area (Å²) < 4.78 is 11.5. The predicted molar refractivity (Wildman–Crippen MR) is 142 cm³/mol. The number of aliphatic hydroxyl groups is 1. The molecule has 3 fully saturated rings. The number of aliphatic hydroxyl groups excluding tert-OH is 1. The van der Waals surface area contributed by atoms with Crippen molar-refractivity contribution in [3.8, 4) is 0 Å². The van der Waals surface area contributed by atoms with Crippen molar-refractivity contribution >= 4 is 50.2 Å². The number of ether oxygens (including phenoxy) is 2. The third-order valence-corrected chi connectivity index (χ3v) is 7.91. The Morgan fingerprint density at radius 2 is 1.86 bits per heavy atom.